The number of anilines is 2. The zero-order chi connectivity index (χ0) is 13.3. The fourth-order valence-electron chi connectivity index (χ4n) is 2.02. The summed E-state index contributed by atoms with van der Waals surface area (Å²) >= 11 is 1.66. The average molecular weight is 265 g/mol. The van der Waals surface area contributed by atoms with Crippen LogP contribution in [0.15, 0.2) is 6.07 Å². The van der Waals surface area contributed by atoms with Crippen LogP contribution in [-0.4, -0.2) is 23.6 Å². The number of aryl methyl sites for hydroxylation is 1. The fraction of sp³-hybridized carbons (Fsp3) is 0.500. The van der Waals surface area contributed by atoms with Crippen molar-refractivity contribution in [1.29, 1.82) is 0 Å². The Hall–Kier alpha value is -1.40. The summed E-state index contributed by atoms with van der Waals surface area (Å²) in [6, 6.07) is 2.13. The second kappa shape index (κ2) is 5.07. The molecule has 0 aliphatic carbocycles. The summed E-state index contributed by atoms with van der Waals surface area (Å²) in [5.74, 6) is 7.41. The highest BCUT2D eigenvalue weighted by atomic mass is 32.1. The summed E-state index contributed by atoms with van der Waals surface area (Å²) in [5, 5.41) is 1.10. The van der Waals surface area contributed by atoms with Crippen LogP contribution >= 0.6 is 11.3 Å². The second-order valence-electron chi connectivity index (χ2n) is 4.87. The molecule has 2 aromatic heterocycles. The molecule has 0 saturated carbocycles. The summed E-state index contributed by atoms with van der Waals surface area (Å²) in [5.41, 5.74) is 2.53. The Bertz CT molecular complexity index is 549. The SMILES string of the molecule is Cc1cc2c(N(C)CC(C)C)nc(NN)nc2s1. The maximum absolute atomic E-state index is 5.43. The van der Waals surface area contributed by atoms with E-state index in [1.165, 1.54) is 4.88 Å². The number of hydrogen-bond donors (Lipinski definition) is 2. The van der Waals surface area contributed by atoms with E-state index in [9.17, 15) is 0 Å². The topological polar surface area (TPSA) is 67.1 Å². The lowest BCUT2D eigenvalue weighted by Crippen LogP contribution is -2.24. The smallest absolute Gasteiger partial charge is 0.240 e. The number of nitrogens with zero attached hydrogens (tertiary/aromatic N) is 3. The van der Waals surface area contributed by atoms with Crippen molar-refractivity contribution in [2.75, 3.05) is 23.9 Å². The molecular weight excluding hydrogens is 246 g/mol. The minimum absolute atomic E-state index is 0.468. The molecule has 2 rings (SSSR count). The van der Waals surface area contributed by atoms with E-state index >= 15 is 0 Å². The van der Waals surface area contributed by atoms with Gasteiger partial charge in [-0.25, -0.2) is 10.8 Å². The molecule has 0 bridgehead atoms. The summed E-state index contributed by atoms with van der Waals surface area (Å²) in [6.07, 6.45) is 0. The third kappa shape index (κ3) is 2.54. The number of hydrogen-bond acceptors (Lipinski definition) is 6. The van der Waals surface area contributed by atoms with Gasteiger partial charge in [0.15, 0.2) is 0 Å². The largest absolute Gasteiger partial charge is 0.359 e. The predicted octanol–water partition coefficient (Wildman–Crippen LogP) is 2.38. The van der Waals surface area contributed by atoms with Gasteiger partial charge in [0.25, 0.3) is 0 Å². The predicted molar refractivity (Wildman–Crippen MR) is 78.1 cm³/mol. The number of thiophene rings is 1. The molecule has 0 unspecified atom stereocenters. The van der Waals surface area contributed by atoms with Crippen LogP contribution in [0.1, 0.15) is 18.7 Å². The van der Waals surface area contributed by atoms with Gasteiger partial charge in [-0.2, -0.15) is 4.98 Å². The van der Waals surface area contributed by atoms with Crippen LogP contribution in [0, 0.1) is 12.8 Å². The molecule has 0 fully saturated rings. The van der Waals surface area contributed by atoms with E-state index in [1.807, 2.05) is 0 Å². The van der Waals surface area contributed by atoms with Crippen LogP contribution in [0.5, 0.6) is 0 Å². The molecule has 2 aromatic rings. The lowest BCUT2D eigenvalue weighted by atomic mass is 10.2. The number of rotatable bonds is 4. The average Bonchev–Trinajstić information content (AvgIpc) is 2.66. The highest BCUT2D eigenvalue weighted by Crippen LogP contribution is 2.31. The summed E-state index contributed by atoms with van der Waals surface area (Å²) < 4.78 is 0. The molecule has 3 N–H and O–H groups in total. The zero-order valence-corrected chi connectivity index (χ0v) is 12.0. The minimum Gasteiger partial charge on any atom is -0.359 e. The normalized spacial score (nSPS) is 11.2. The van der Waals surface area contributed by atoms with Gasteiger partial charge in [-0.05, 0) is 18.9 Å². The van der Waals surface area contributed by atoms with Gasteiger partial charge in [-0.3, -0.25) is 5.43 Å². The Morgan fingerprint density at radius 1 is 1.44 bits per heavy atom. The van der Waals surface area contributed by atoms with Crippen molar-refractivity contribution < 1.29 is 0 Å². The van der Waals surface area contributed by atoms with Crippen LogP contribution in [0.25, 0.3) is 10.2 Å². The molecule has 0 aliphatic heterocycles. The van der Waals surface area contributed by atoms with Crippen molar-refractivity contribution in [3.05, 3.63) is 10.9 Å². The summed E-state index contributed by atoms with van der Waals surface area (Å²) in [6.45, 7) is 7.41. The first-order valence-electron chi connectivity index (χ1n) is 5.97. The maximum Gasteiger partial charge on any atom is 0.240 e. The Balaban J connectivity index is 2.52. The third-order valence-electron chi connectivity index (χ3n) is 2.63. The Kier molecular flexibility index (Phi) is 3.68. The number of hydrazine groups is 1. The quantitative estimate of drug-likeness (QED) is 0.656. The molecule has 0 amide bonds. The molecule has 18 heavy (non-hydrogen) atoms. The van der Waals surface area contributed by atoms with E-state index in [0.717, 1.165) is 22.6 Å². The number of nitrogen functional groups attached to an aromatic ring is 1. The summed E-state index contributed by atoms with van der Waals surface area (Å²) in [4.78, 5) is 13.2. The molecule has 6 heteroatoms. The second-order valence-corrected chi connectivity index (χ2v) is 6.10. The van der Waals surface area contributed by atoms with Gasteiger partial charge in [-0.15, -0.1) is 11.3 Å². The molecule has 2 heterocycles. The van der Waals surface area contributed by atoms with Crippen molar-refractivity contribution in [1.82, 2.24) is 9.97 Å². The van der Waals surface area contributed by atoms with Crippen LogP contribution in [0.2, 0.25) is 0 Å². The molecule has 98 valence electrons. The summed E-state index contributed by atoms with van der Waals surface area (Å²) in [7, 11) is 2.05. The number of aromatic nitrogens is 2. The molecule has 0 radical (unpaired) electrons. The van der Waals surface area contributed by atoms with E-state index in [-0.39, 0.29) is 0 Å². The molecule has 0 atom stereocenters. The van der Waals surface area contributed by atoms with Crippen LogP contribution in [0.4, 0.5) is 11.8 Å². The molecule has 0 spiro atoms. The highest BCUT2D eigenvalue weighted by Gasteiger charge is 2.14. The monoisotopic (exact) mass is 265 g/mol. The third-order valence-corrected chi connectivity index (χ3v) is 3.57. The Labute approximate surface area is 111 Å². The number of fused-ring (bicyclic) bond motifs is 1. The Morgan fingerprint density at radius 3 is 2.78 bits per heavy atom. The van der Waals surface area contributed by atoms with Gasteiger partial charge < -0.3 is 4.90 Å². The van der Waals surface area contributed by atoms with Crippen LogP contribution in [0.3, 0.4) is 0 Å². The highest BCUT2D eigenvalue weighted by molar-refractivity contribution is 7.18. The van der Waals surface area contributed by atoms with E-state index in [4.69, 9.17) is 5.84 Å². The van der Waals surface area contributed by atoms with Crippen molar-refractivity contribution >= 4 is 33.3 Å². The molecule has 0 saturated heterocycles. The van der Waals surface area contributed by atoms with E-state index in [1.54, 1.807) is 11.3 Å². The number of nitrogens with two attached hydrogens (primary N) is 1. The van der Waals surface area contributed by atoms with Gasteiger partial charge in [0.1, 0.15) is 10.6 Å². The maximum atomic E-state index is 5.43. The molecule has 0 aliphatic rings. The van der Waals surface area contributed by atoms with Gasteiger partial charge in [0.05, 0.1) is 5.39 Å². The van der Waals surface area contributed by atoms with Crippen molar-refractivity contribution in [3.63, 3.8) is 0 Å². The zero-order valence-electron chi connectivity index (χ0n) is 11.2. The first kappa shape index (κ1) is 13.0. The number of nitrogens with one attached hydrogen (secondary N) is 1. The fourth-order valence-corrected chi connectivity index (χ4v) is 2.89. The Morgan fingerprint density at radius 2 is 2.17 bits per heavy atom. The first-order chi connectivity index (χ1) is 8.51. The van der Waals surface area contributed by atoms with Gasteiger partial charge in [-0.1, -0.05) is 13.8 Å². The minimum atomic E-state index is 0.468. The lowest BCUT2D eigenvalue weighted by molar-refractivity contribution is 0.636. The lowest BCUT2D eigenvalue weighted by Gasteiger charge is -2.21. The van der Waals surface area contributed by atoms with Crippen molar-refractivity contribution in [2.24, 2.45) is 11.8 Å². The standard InChI is InChI=1S/C12H19N5S/c1-7(2)6-17(4)10-9-5-8(3)18-11(9)15-12(14-10)16-13/h5,7H,6,13H2,1-4H3,(H,14,15,16). The van der Waals surface area contributed by atoms with Crippen molar-refractivity contribution in [3.8, 4) is 0 Å². The van der Waals surface area contributed by atoms with E-state index < -0.39 is 0 Å². The molecular formula is C12H19N5S. The van der Waals surface area contributed by atoms with E-state index in [0.29, 0.717) is 11.9 Å². The van der Waals surface area contributed by atoms with Gasteiger partial charge in [0.2, 0.25) is 5.95 Å². The van der Waals surface area contributed by atoms with E-state index in [2.05, 4.69) is 54.2 Å². The molecule has 0 aromatic carbocycles. The molecule has 5 nitrogen and oxygen atoms in total. The van der Waals surface area contributed by atoms with Crippen molar-refractivity contribution in [2.45, 2.75) is 20.8 Å². The van der Waals surface area contributed by atoms with Crippen LogP contribution < -0.4 is 16.2 Å². The first-order valence-corrected chi connectivity index (χ1v) is 6.79. The van der Waals surface area contributed by atoms with Crippen LogP contribution in [-0.2, 0) is 0 Å². The van der Waals surface area contributed by atoms with Gasteiger partial charge >= 0.3 is 0 Å². The van der Waals surface area contributed by atoms with Gasteiger partial charge in [0, 0.05) is 18.5 Å².